The fraction of sp³-hybridized carbons (Fsp3) is 0.263. The summed E-state index contributed by atoms with van der Waals surface area (Å²) in [6.07, 6.45) is 2.35. The van der Waals surface area contributed by atoms with Crippen molar-refractivity contribution in [3.05, 3.63) is 56.5 Å². The molecule has 1 aliphatic rings. The third-order valence-electron chi connectivity index (χ3n) is 4.89. The number of hydrogen-bond donors (Lipinski definition) is 0. The molecule has 1 fully saturated rings. The molecule has 0 unspecified atom stereocenters. The van der Waals surface area contributed by atoms with Gasteiger partial charge in [0.15, 0.2) is 0 Å². The van der Waals surface area contributed by atoms with Crippen LogP contribution in [0.25, 0.3) is 20.9 Å². The van der Waals surface area contributed by atoms with Crippen molar-refractivity contribution < 1.29 is 4.42 Å². The topological polar surface area (TPSA) is 34.2 Å². The Bertz CT molecular complexity index is 1140. The number of aromatic nitrogens is 2. The molecule has 4 nitrogen and oxygen atoms in total. The number of likely N-dealkylation sites (tertiary alicyclic amines) is 1. The Morgan fingerprint density at radius 3 is 2.96 bits per heavy atom. The molecule has 3 aromatic heterocycles. The van der Waals surface area contributed by atoms with Gasteiger partial charge in [0, 0.05) is 27.5 Å². The fourth-order valence-corrected chi connectivity index (χ4v) is 6.12. The van der Waals surface area contributed by atoms with Crippen molar-refractivity contribution in [3.63, 3.8) is 0 Å². The van der Waals surface area contributed by atoms with Crippen LogP contribution in [0.4, 0.5) is 0 Å². The highest BCUT2D eigenvalue weighted by molar-refractivity contribution is 7.71. The quantitative estimate of drug-likeness (QED) is 0.339. The van der Waals surface area contributed by atoms with Gasteiger partial charge in [-0.2, -0.15) is 0 Å². The molecule has 0 aliphatic carbocycles. The van der Waals surface area contributed by atoms with E-state index in [1.165, 1.54) is 17.7 Å². The van der Waals surface area contributed by atoms with Crippen LogP contribution < -0.4 is 0 Å². The lowest BCUT2D eigenvalue weighted by molar-refractivity contribution is 0.190. The van der Waals surface area contributed by atoms with E-state index in [1.807, 2.05) is 29.5 Å². The molecule has 0 amide bonds. The molecule has 1 aliphatic heterocycles. The fourth-order valence-electron chi connectivity index (χ4n) is 3.61. The van der Waals surface area contributed by atoms with E-state index in [0.29, 0.717) is 28.5 Å². The summed E-state index contributed by atoms with van der Waals surface area (Å²) in [5.74, 6) is 0.498. The van der Waals surface area contributed by atoms with Gasteiger partial charge in [-0.05, 0) is 42.6 Å². The van der Waals surface area contributed by atoms with Gasteiger partial charge in [0.05, 0.1) is 11.7 Å². The maximum absolute atomic E-state index is 6.57. The second kappa shape index (κ2) is 7.14. The van der Waals surface area contributed by atoms with E-state index in [0.717, 1.165) is 21.5 Å². The van der Waals surface area contributed by atoms with Gasteiger partial charge in [-0.25, -0.2) is 4.68 Å². The van der Waals surface area contributed by atoms with E-state index in [4.69, 9.17) is 28.2 Å². The summed E-state index contributed by atoms with van der Waals surface area (Å²) in [5.41, 5.74) is 0. The lowest BCUT2D eigenvalue weighted by Gasteiger charge is -2.22. The van der Waals surface area contributed by atoms with Gasteiger partial charge in [0.1, 0.15) is 4.88 Å². The highest BCUT2D eigenvalue weighted by Crippen LogP contribution is 2.41. The Morgan fingerprint density at radius 1 is 1.26 bits per heavy atom. The van der Waals surface area contributed by atoms with Gasteiger partial charge >= 0.3 is 0 Å². The largest absolute Gasteiger partial charge is 0.408 e. The van der Waals surface area contributed by atoms with Gasteiger partial charge in [-0.1, -0.05) is 35.9 Å². The third-order valence-corrected chi connectivity index (χ3v) is 7.82. The Balaban J connectivity index is 1.46. The average molecular weight is 434 g/mol. The molecule has 1 aromatic carbocycles. The summed E-state index contributed by atoms with van der Waals surface area (Å²) in [5, 5.41) is 8.48. The number of benzene rings is 1. The maximum atomic E-state index is 6.57. The van der Waals surface area contributed by atoms with Crippen molar-refractivity contribution >= 4 is 56.6 Å². The highest BCUT2D eigenvalue weighted by Gasteiger charge is 2.28. The Kier molecular flexibility index (Phi) is 4.65. The summed E-state index contributed by atoms with van der Waals surface area (Å²) in [7, 11) is 0. The van der Waals surface area contributed by atoms with Gasteiger partial charge in [0.2, 0.25) is 0 Å². The normalized spacial score (nSPS) is 17.9. The highest BCUT2D eigenvalue weighted by atomic mass is 35.5. The van der Waals surface area contributed by atoms with Gasteiger partial charge in [-0.15, -0.1) is 27.8 Å². The van der Waals surface area contributed by atoms with Crippen LogP contribution in [0.1, 0.15) is 23.8 Å². The molecule has 138 valence electrons. The van der Waals surface area contributed by atoms with Crippen LogP contribution >= 0.6 is 46.5 Å². The van der Waals surface area contributed by atoms with Crippen LogP contribution in [-0.2, 0) is 6.67 Å². The number of hydrogen-bond acceptors (Lipinski definition) is 6. The van der Waals surface area contributed by atoms with E-state index >= 15 is 0 Å². The van der Waals surface area contributed by atoms with Crippen LogP contribution in [0.15, 0.2) is 46.2 Å². The molecule has 27 heavy (non-hydrogen) atoms. The lowest BCUT2D eigenvalue weighted by Crippen LogP contribution is -2.26. The molecule has 8 heteroatoms. The van der Waals surface area contributed by atoms with E-state index < -0.39 is 0 Å². The van der Waals surface area contributed by atoms with Crippen LogP contribution in [-0.4, -0.2) is 21.2 Å². The monoisotopic (exact) mass is 433 g/mol. The minimum absolute atomic E-state index is 0.385. The molecule has 5 rings (SSSR count). The second-order valence-corrected chi connectivity index (χ2v) is 9.30. The molecule has 4 heterocycles. The lowest BCUT2D eigenvalue weighted by atomic mass is 10.2. The summed E-state index contributed by atoms with van der Waals surface area (Å²) in [4.78, 5) is 5.03. The van der Waals surface area contributed by atoms with Crippen LogP contribution in [0, 0.1) is 4.84 Å². The smallest absolute Gasteiger partial charge is 0.288 e. The third kappa shape index (κ3) is 3.17. The van der Waals surface area contributed by atoms with Crippen LogP contribution in [0.3, 0.4) is 0 Å². The molecular formula is C19H16ClN3OS3. The van der Waals surface area contributed by atoms with Crippen molar-refractivity contribution in [3.8, 4) is 10.8 Å². The first-order valence-electron chi connectivity index (χ1n) is 8.73. The Hall–Kier alpha value is -1.51. The molecular weight excluding hydrogens is 418 g/mol. The molecule has 4 aromatic rings. The van der Waals surface area contributed by atoms with E-state index in [-0.39, 0.29) is 0 Å². The first-order valence-corrected chi connectivity index (χ1v) is 11.2. The molecule has 0 radical (unpaired) electrons. The summed E-state index contributed by atoms with van der Waals surface area (Å²) < 4.78 is 8.71. The number of fused-ring (bicyclic) bond motifs is 1. The number of nitrogens with zero attached hydrogens (tertiary/aromatic N) is 3. The van der Waals surface area contributed by atoms with E-state index in [9.17, 15) is 0 Å². The molecule has 0 saturated carbocycles. The van der Waals surface area contributed by atoms with E-state index in [1.54, 1.807) is 16.0 Å². The molecule has 1 atom stereocenters. The molecule has 1 saturated heterocycles. The summed E-state index contributed by atoms with van der Waals surface area (Å²) in [6.45, 7) is 1.67. The predicted molar refractivity (Wildman–Crippen MR) is 114 cm³/mol. The van der Waals surface area contributed by atoms with Crippen LogP contribution in [0.2, 0.25) is 5.02 Å². The van der Waals surface area contributed by atoms with Gasteiger partial charge in [-0.3, -0.25) is 4.90 Å². The maximum Gasteiger partial charge on any atom is 0.288 e. The summed E-state index contributed by atoms with van der Waals surface area (Å²) in [6, 6.07) is 12.8. The molecule has 0 bridgehead atoms. The van der Waals surface area contributed by atoms with Crippen molar-refractivity contribution in [2.24, 2.45) is 0 Å². The second-order valence-electron chi connectivity index (χ2n) is 6.54. The van der Waals surface area contributed by atoms with Crippen molar-refractivity contribution in [1.29, 1.82) is 0 Å². The number of thiophene rings is 2. The van der Waals surface area contributed by atoms with Gasteiger partial charge < -0.3 is 4.42 Å². The number of rotatable bonds is 4. The zero-order chi connectivity index (χ0) is 18.4. The van der Waals surface area contributed by atoms with Crippen LogP contribution in [0.5, 0.6) is 0 Å². The predicted octanol–water partition coefficient (Wildman–Crippen LogP) is 6.60. The Morgan fingerprint density at radius 2 is 2.15 bits per heavy atom. The minimum Gasteiger partial charge on any atom is -0.408 e. The first kappa shape index (κ1) is 17.6. The first-order chi connectivity index (χ1) is 13.2. The molecule has 0 N–H and O–H groups in total. The minimum atomic E-state index is 0.385. The summed E-state index contributed by atoms with van der Waals surface area (Å²) >= 11 is 15.4. The van der Waals surface area contributed by atoms with Crippen molar-refractivity contribution in [2.75, 3.05) is 6.54 Å². The molecule has 0 spiro atoms. The van der Waals surface area contributed by atoms with Crippen molar-refractivity contribution in [2.45, 2.75) is 25.6 Å². The SMILES string of the molecule is S=c1oc(-c2sc3ccccc3c2Cl)nn1CN1CCC[C@H]1c1cccs1. The number of halogens is 1. The standard InChI is InChI=1S/C19H16ClN3OS3/c20-16-12-5-1-2-7-14(12)27-17(16)18-21-23(19(25)24-18)11-22-9-3-6-13(22)15-8-4-10-26-15/h1-2,4-5,7-8,10,13H,3,6,9,11H2/t13-/m0/s1. The Labute approximate surface area is 174 Å². The zero-order valence-electron chi connectivity index (χ0n) is 14.3. The average Bonchev–Trinajstić information content (AvgIpc) is 3.44. The zero-order valence-corrected chi connectivity index (χ0v) is 17.5. The van der Waals surface area contributed by atoms with Gasteiger partial charge in [0.25, 0.3) is 10.7 Å². The van der Waals surface area contributed by atoms with Crippen molar-refractivity contribution in [1.82, 2.24) is 14.7 Å². The van der Waals surface area contributed by atoms with E-state index in [2.05, 4.69) is 33.6 Å².